The van der Waals surface area contributed by atoms with E-state index in [1.807, 2.05) is 36.4 Å². The van der Waals surface area contributed by atoms with Crippen LogP contribution in [0, 0.1) is 0 Å². The molecule has 0 aliphatic rings. The maximum atomic E-state index is 12.4. The van der Waals surface area contributed by atoms with Gasteiger partial charge in [0.05, 0.1) is 5.56 Å². The summed E-state index contributed by atoms with van der Waals surface area (Å²) in [7, 11) is 0. The van der Waals surface area contributed by atoms with Gasteiger partial charge in [0.15, 0.2) is 0 Å². The minimum absolute atomic E-state index is 0.239. The standard InChI is InChI=1S/C20H16N6O2/c27-19(15-8-9-18(22-11-15)26-13-24-25-14-26)23-12-16-5-4-10-21-20(16)28-17-6-2-1-3-7-17/h1-11,13-14H,12H2,(H,23,27). The van der Waals surface area contributed by atoms with Gasteiger partial charge in [0, 0.05) is 24.5 Å². The van der Waals surface area contributed by atoms with Gasteiger partial charge in [0.25, 0.3) is 5.91 Å². The van der Waals surface area contributed by atoms with E-state index >= 15 is 0 Å². The fourth-order valence-electron chi connectivity index (χ4n) is 2.52. The zero-order valence-corrected chi connectivity index (χ0v) is 14.8. The Balaban J connectivity index is 1.42. The molecule has 4 rings (SSSR count). The molecule has 0 spiro atoms. The Morgan fingerprint density at radius 1 is 0.964 bits per heavy atom. The third kappa shape index (κ3) is 4.01. The fourth-order valence-corrected chi connectivity index (χ4v) is 2.52. The van der Waals surface area contributed by atoms with E-state index in [1.165, 1.54) is 6.20 Å². The number of amides is 1. The van der Waals surface area contributed by atoms with Crippen molar-refractivity contribution in [1.82, 2.24) is 30.0 Å². The van der Waals surface area contributed by atoms with Crippen molar-refractivity contribution in [3.63, 3.8) is 0 Å². The van der Waals surface area contributed by atoms with Gasteiger partial charge in [-0.25, -0.2) is 9.97 Å². The summed E-state index contributed by atoms with van der Waals surface area (Å²) in [6, 6.07) is 16.5. The van der Waals surface area contributed by atoms with Crippen molar-refractivity contribution in [1.29, 1.82) is 0 Å². The van der Waals surface area contributed by atoms with Crippen LogP contribution in [0.15, 0.2) is 79.6 Å². The minimum Gasteiger partial charge on any atom is -0.439 e. The summed E-state index contributed by atoms with van der Waals surface area (Å²) < 4.78 is 7.47. The number of para-hydroxylation sites is 1. The highest BCUT2D eigenvalue weighted by atomic mass is 16.5. The highest BCUT2D eigenvalue weighted by molar-refractivity contribution is 5.93. The van der Waals surface area contributed by atoms with Crippen LogP contribution in [0.25, 0.3) is 5.82 Å². The molecule has 0 atom stereocenters. The Hall–Kier alpha value is -4.07. The summed E-state index contributed by atoms with van der Waals surface area (Å²) in [5.74, 6) is 1.53. The summed E-state index contributed by atoms with van der Waals surface area (Å²) in [5.41, 5.74) is 1.22. The van der Waals surface area contributed by atoms with Gasteiger partial charge in [-0.1, -0.05) is 24.3 Å². The van der Waals surface area contributed by atoms with Crippen LogP contribution < -0.4 is 10.1 Å². The van der Waals surface area contributed by atoms with Crippen molar-refractivity contribution < 1.29 is 9.53 Å². The van der Waals surface area contributed by atoms with Gasteiger partial charge < -0.3 is 10.1 Å². The SMILES string of the molecule is O=C(NCc1cccnc1Oc1ccccc1)c1ccc(-n2cnnc2)nc1. The third-order valence-corrected chi connectivity index (χ3v) is 3.94. The first-order valence-electron chi connectivity index (χ1n) is 8.55. The molecule has 0 saturated carbocycles. The van der Waals surface area contributed by atoms with E-state index in [0.29, 0.717) is 23.0 Å². The molecule has 3 heterocycles. The van der Waals surface area contributed by atoms with Crippen LogP contribution in [0.4, 0.5) is 0 Å². The number of pyridine rings is 2. The molecule has 0 fully saturated rings. The van der Waals surface area contributed by atoms with Crippen molar-refractivity contribution in [2.45, 2.75) is 6.54 Å². The van der Waals surface area contributed by atoms with Crippen LogP contribution in [-0.2, 0) is 6.54 Å². The molecular weight excluding hydrogens is 356 g/mol. The molecule has 3 aromatic heterocycles. The number of benzene rings is 1. The molecule has 8 nitrogen and oxygen atoms in total. The second kappa shape index (κ2) is 8.09. The molecule has 0 radical (unpaired) electrons. The Labute approximate surface area is 160 Å². The average molecular weight is 372 g/mol. The van der Waals surface area contributed by atoms with Crippen molar-refractivity contribution in [2.75, 3.05) is 0 Å². The number of carbonyl (C=O) groups is 1. The first-order chi connectivity index (χ1) is 13.8. The molecule has 0 unspecified atom stereocenters. The molecule has 0 aliphatic carbocycles. The fraction of sp³-hybridized carbons (Fsp3) is 0.0500. The lowest BCUT2D eigenvalue weighted by Gasteiger charge is -2.11. The summed E-state index contributed by atoms with van der Waals surface area (Å²) in [6.45, 7) is 0.280. The molecule has 1 N–H and O–H groups in total. The Morgan fingerprint density at radius 3 is 2.54 bits per heavy atom. The lowest BCUT2D eigenvalue weighted by molar-refractivity contribution is 0.0950. The van der Waals surface area contributed by atoms with Gasteiger partial charge in [-0.3, -0.25) is 9.36 Å². The number of rotatable bonds is 6. The first-order valence-corrected chi connectivity index (χ1v) is 8.55. The molecular formula is C20H16N6O2. The number of hydrogen-bond acceptors (Lipinski definition) is 6. The molecule has 0 bridgehead atoms. The summed E-state index contributed by atoms with van der Waals surface area (Å²) >= 11 is 0. The van der Waals surface area contributed by atoms with Gasteiger partial charge in [-0.15, -0.1) is 10.2 Å². The predicted octanol–water partition coefficient (Wildman–Crippen LogP) is 2.78. The number of ether oxygens (including phenoxy) is 1. The van der Waals surface area contributed by atoms with E-state index in [1.54, 1.807) is 41.6 Å². The van der Waals surface area contributed by atoms with E-state index in [9.17, 15) is 4.79 Å². The number of aromatic nitrogens is 5. The second-order valence-corrected chi connectivity index (χ2v) is 5.84. The van der Waals surface area contributed by atoms with Gasteiger partial charge in [-0.2, -0.15) is 0 Å². The summed E-state index contributed by atoms with van der Waals surface area (Å²) in [5, 5.41) is 10.3. The molecule has 1 amide bonds. The van der Waals surface area contributed by atoms with Crippen molar-refractivity contribution in [3.05, 3.63) is 90.8 Å². The summed E-state index contributed by atoms with van der Waals surface area (Å²) in [4.78, 5) is 21.0. The molecule has 0 aliphatic heterocycles. The van der Waals surface area contributed by atoms with Crippen LogP contribution in [0.2, 0.25) is 0 Å². The van der Waals surface area contributed by atoms with E-state index in [-0.39, 0.29) is 12.5 Å². The Bertz CT molecular complexity index is 1050. The molecule has 138 valence electrons. The lowest BCUT2D eigenvalue weighted by atomic mass is 10.2. The Morgan fingerprint density at radius 2 is 1.79 bits per heavy atom. The topological polar surface area (TPSA) is 94.8 Å². The van der Waals surface area contributed by atoms with Crippen molar-refractivity contribution in [2.24, 2.45) is 0 Å². The average Bonchev–Trinajstić information content (AvgIpc) is 3.29. The molecule has 8 heteroatoms. The normalized spacial score (nSPS) is 10.4. The van der Waals surface area contributed by atoms with Crippen molar-refractivity contribution in [3.8, 4) is 17.4 Å². The lowest BCUT2D eigenvalue weighted by Crippen LogP contribution is -2.23. The maximum absolute atomic E-state index is 12.4. The van der Waals surface area contributed by atoms with Gasteiger partial charge >= 0.3 is 0 Å². The van der Waals surface area contributed by atoms with E-state index in [2.05, 4.69) is 25.5 Å². The largest absolute Gasteiger partial charge is 0.439 e. The number of nitrogens with zero attached hydrogens (tertiary/aromatic N) is 5. The third-order valence-electron chi connectivity index (χ3n) is 3.94. The maximum Gasteiger partial charge on any atom is 0.253 e. The van der Waals surface area contributed by atoms with Gasteiger partial charge in [-0.05, 0) is 30.3 Å². The zero-order chi connectivity index (χ0) is 19.2. The number of nitrogens with one attached hydrogen (secondary N) is 1. The minimum atomic E-state index is -0.239. The monoisotopic (exact) mass is 372 g/mol. The van der Waals surface area contributed by atoms with E-state index < -0.39 is 0 Å². The van der Waals surface area contributed by atoms with Crippen LogP contribution in [0.5, 0.6) is 11.6 Å². The molecule has 1 aromatic carbocycles. The first kappa shape index (κ1) is 17.3. The van der Waals surface area contributed by atoms with Crippen LogP contribution in [0.3, 0.4) is 0 Å². The quantitative estimate of drug-likeness (QED) is 0.559. The highest BCUT2D eigenvalue weighted by Gasteiger charge is 2.10. The van der Waals surface area contributed by atoms with Crippen LogP contribution in [-0.4, -0.2) is 30.6 Å². The second-order valence-electron chi connectivity index (χ2n) is 5.84. The highest BCUT2D eigenvalue weighted by Crippen LogP contribution is 2.22. The van der Waals surface area contributed by atoms with Crippen molar-refractivity contribution >= 4 is 5.91 Å². The molecule has 0 saturated heterocycles. The molecule has 28 heavy (non-hydrogen) atoms. The van der Waals surface area contributed by atoms with E-state index in [4.69, 9.17) is 4.74 Å². The van der Waals surface area contributed by atoms with Gasteiger partial charge in [0.1, 0.15) is 24.2 Å². The summed E-state index contributed by atoms with van der Waals surface area (Å²) in [6.07, 6.45) is 6.24. The number of hydrogen-bond donors (Lipinski definition) is 1. The van der Waals surface area contributed by atoms with Crippen LogP contribution in [0.1, 0.15) is 15.9 Å². The van der Waals surface area contributed by atoms with Gasteiger partial charge in [0.2, 0.25) is 5.88 Å². The zero-order valence-electron chi connectivity index (χ0n) is 14.8. The smallest absolute Gasteiger partial charge is 0.253 e. The van der Waals surface area contributed by atoms with Crippen LogP contribution >= 0.6 is 0 Å². The predicted molar refractivity (Wildman–Crippen MR) is 101 cm³/mol. The Kier molecular flexibility index (Phi) is 5.01. The van der Waals surface area contributed by atoms with E-state index in [0.717, 1.165) is 5.56 Å². The molecule has 4 aromatic rings. The number of carbonyl (C=O) groups excluding carboxylic acids is 1.